The monoisotopic (exact) mass is 382 g/mol. The molecule has 4 nitrogen and oxygen atoms in total. The first kappa shape index (κ1) is 23.1. The van der Waals surface area contributed by atoms with Crippen LogP contribution in [-0.4, -0.2) is 38.7 Å². The van der Waals surface area contributed by atoms with E-state index in [0.717, 1.165) is 19.3 Å². The van der Waals surface area contributed by atoms with Crippen molar-refractivity contribution >= 4 is 14.3 Å². The lowest BCUT2D eigenvalue weighted by molar-refractivity contribution is -0.140. The minimum absolute atomic E-state index is 0.0566. The average Bonchev–Trinajstić information content (AvgIpc) is 2.83. The second-order valence-corrected chi connectivity index (χ2v) is 13.6. The lowest BCUT2D eigenvalue weighted by atomic mass is 9.90. The zero-order chi connectivity index (χ0) is 20.0. The van der Waals surface area contributed by atoms with Crippen LogP contribution >= 0.6 is 0 Å². The number of allylic oxidation sites excluding steroid dienone is 2. The highest BCUT2D eigenvalue weighted by Crippen LogP contribution is 2.43. The Labute approximate surface area is 160 Å². The molecule has 1 fully saturated rings. The number of hydrogen-bond donors (Lipinski definition) is 1. The van der Waals surface area contributed by atoms with Crippen molar-refractivity contribution in [3.63, 3.8) is 0 Å². The molecule has 26 heavy (non-hydrogen) atoms. The topological polar surface area (TPSA) is 55.8 Å². The molecule has 0 heterocycles. The van der Waals surface area contributed by atoms with Gasteiger partial charge in [-0.3, -0.25) is 4.79 Å². The Balaban J connectivity index is 2.59. The zero-order valence-corrected chi connectivity index (χ0v) is 18.5. The van der Waals surface area contributed by atoms with E-state index in [1.165, 1.54) is 7.11 Å². The third kappa shape index (κ3) is 6.36. The van der Waals surface area contributed by atoms with Gasteiger partial charge in [0, 0.05) is 12.3 Å². The van der Waals surface area contributed by atoms with Gasteiger partial charge in [0.05, 0.1) is 19.3 Å². The van der Waals surface area contributed by atoms with Gasteiger partial charge >= 0.3 is 5.97 Å². The van der Waals surface area contributed by atoms with Crippen molar-refractivity contribution in [1.29, 1.82) is 0 Å². The quantitative estimate of drug-likeness (QED) is 0.268. The molecule has 0 spiro atoms. The largest absolute Gasteiger partial charge is 0.469 e. The van der Waals surface area contributed by atoms with E-state index in [9.17, 15) is 9.90 Å². The summed E-state index contributed by atoms with van der Waals surface area (Å²) in [4.78, 5) is 11.1. The van der Waals surface area contributed by atoms with Gasteiger partial charge in [-0.15, -0.1) is 6.58 Å². The molecule has 4 atom stereocenters. The number of aliphatic hydroxyl groups is 1. The smallest absolute Gasteiger partial charge is 0.305 e. The molecule has 0 aromatic heterocycles. The van der Waals surface area contributed by atoms with Crippen LogP contribution in [0.1, 0.15) is 52.9 Å². The normalized spacial score (nSPS) is 27.0. The second-order valence-electron chi connectivity index (χ2n) is 8.87. The summed E-state index contributed by atoms with van der Waals surface area (Å²) in [5.74, 6) is 0.167. The highest BCUT2D eigenvalue weighted by atomic mass is 28.4. The third-order valence-corrected chi connectivity index (χ3v) is 10.5. The van der Waals surface area contributed by atoms with E-state index >= 15 is 0 Å². The summed E-state index contributed by atoms with van der Waals surface area (Å²) in [7, 11) is -0.457. The lowest BCUT2D eigenvalue weighted by Crippen LogP contribution is -2.44. The number of carbonyl (C=O) groups excluding carboxylic acids is 1. The summed E-state index contributed by atoms with van der Waals surface area (Å²) in [5.41, 5.74) is 0. The van der Waals surface area contributed by atoms with Gasteiger partial charge in [-0.2, -0.15) is 0 Å². The van der Waals surface area contributed by atoms with Gasteiger partial charge in [0.15, 0.2) is 8.32 Å². The standard InChI is InChI=1S/C21H38O4Si/c1-8-16-17(13-11-9-10-12-14-20(23)24-5)18(22)15-19(16)25-26(6,7)21(2,3)4/h8-9,11,16-19,22H,1,10,12-15H2,2-7H3/b11-9-/t16-,17-,18+,19?/m1/s1. The Bertz CT molecular complexity index is 493. The Morgan fingerprint density at radius 2 is 1.96 bits per heavy atom. The van der Waals surface area contributed by atoms with E-state index in [1.807, 2.05) is 6.08 Å². The number of hydrogen-bond acceptors (Lipinski definition) is 4. The van der Waals surface area contributed by atoms with Gasteiger partial charge in [-0.1, -0.05) is 39.0 Å². The molecule has 1 aliphatic carbocycles. The summed E-state index contributed by atoms with van der Waals surface area (Å²) >= 11 is 0. The maximum absolute atomic E-state index is 11.1. The number of esters is 1. The molecule has 0 aliphatic heterocycles. The molecule has 0 radical (unpaired) electrons. The Morgan fingerprint density at radius 3 is 2.50 bits per heavy atom. The second kappa shape index (κ2) is 9.86. The van der Waals surface area contributed by atoms with Crippen LogP contribution in [0.15, 0.2) is 24.8 Å². The number of carbonyl (C=O) groups is 1. The molecule has 1 saturated carbocycles. The van der Waals surface area contributed by atoms with Crippen molar-refractivity contribution in [2.75, 3.05) is 7.11 Å². The predicted molar refractivity (Wildman–Crippen MR) is 109 cm³/mol. The molecule has 0 aromatic carbocycles. The van der Waals surface area contributed by atoms with Crippen LogP contribution in [0, 0.1) is 11.8 Å². The molecule has 1 unspecified atom stereocenters. The third-order valence-electron chi connectivity index (χ3n) is 5.97. The molecule has 0 bridgehead atoms. The van der Waals surface area contributed by atoms with Crippen LogP contribution in [0.3, 0.4) is 0 Å². The van der Waals surface area contributed by atoms with Crippen molar-refractivity contribution in [3.8, 4) is 0 Å². The van der Waals surface area contributed by atoms with Crippen molar-refractivity contribution in [2.45, 2.75) is 83.2 Å². The molecule has 150 valence electrons. The molecule has 0 saturated heterocycles. The fraction of sp³-hybridized carbons (Fsp3) is 0.762. The van der Waals surface area contributed by atoms with Gasteiger partial charge in [0.1, 0.15) is 0 Å². The number of ether oxygens (including phenoxy) is 1. The van der Waals surface area contributed by atoms with E-state index in [4.69, 9.17) is 4.43 Å². The molecular formula is C21H38O4Si. The zero-order valence-electron chi connectivity index (χ0n) is 17.5. The van der Waals surface area contributed by atoms with E-state index in [0.29, 0.717) is 12.8 Å². The molecule has 1 aliphatic rings. The first-order chi connectivity index (χ1) is 12.0. The van der Waals surface area contributed by atoms with Crippen LogP contribution in [0.5, 0.6) is 0 Å². The minimum Gasteiger partial charge on any atom is -0.469 e. The van der Waals surface area contributed by atoms with Crippen LogP contribution in [-0.2, 0) is 14.0 Å². The number of unbranched alkanes of at least 4 members (excludes halogenated alkanes) is 1. The summed E-state index contributed by atoms with van der Waals surface area (Å²) < 4.78 is 11.2. The maximum Gasteiger partial charge on any atom is 0.305 e. The van der Waals surface area contributed by atoms with Gasteiger partial charge in [0.2, 0.25) is 0 Å². The van der Waals surface area contributed by atoms with E-state index in [2.05, 4.69) is 57.3 Å². The molecule has 0 aromatic rings. The average molecular weight is 383 g/mol. The summed E-state index contributed by atoms with van der Waals surface area (Å²) in [6.45, 7) is 15.2. The van der Waals surface area contributed by atoms with Crippen molar-refractivity contribution in [3.05, 3.63) is 24.8 Å². The Kier molecular flexibility index (Phi) is 8.77. The number of methoxy groups -OCH3 is 1. The highest BCUT2D eigenvalue weighted by molar-refractivity contribution is 6.74. The first-order valence-corrected chi connectivity index (χ1v) is 12.6. The molecule has 1 N–H and O–H groups in total. The van der Waals surface area contributed by atoms with Gasteiger partial charge in [-0.05, 0) is 49.7 Å². The minimum atomic E-state index is -1.87. The lowest BCUT2D eigenvalue weighted by Gasteiger charge is -2.39. The molecule has 5 heteroatoms. The maximum atomic E-state index is 11.1. The van der Waals surface area contributed by atoms with E-state index in [1.54, 1.807) is 0 Å². The summed E-state index contributed by atoms with van der Waals surface area (Å²) in [6, 6.07) is 0. The predicted octanol–water partition coefficient (Wildman–Crippen LogP) is 4.85. The first-order valence-electron chi connectivity index (χ1n) is 9.73. The van der Waals surface area contributed by atoms with E-state index in [-0.39, 0.29) is 35.1 Å². The van der Waals surface area contributed by atoms with Crippen LogP contribution in [0.4, 0.5) is 0 Å². The highest BCUT2D eigenvalue weighted by Gasteiger charge is 2.46. The van der Waals surface area contributed by atoms with Crippen LogP contribution < -0.4 is 0 Å². The fourth-order valence-electron chi connectivity index (χ4n) is 3.26. The Morgan fingerprint density at radius 1 is 1.31 bits per heavy atom. The molecular weight excluding hydrogens is 344 g/mol. The molecule has 0 amide bonds. The van der Waals surface area contributed by atoms with Gasteiger partial charge in [0.25, 0.3) is 0 Å². The van der Waals surface area contributed by atoms with Crippen LogP contribution in [0.25, 0.3) is 0 Å². The van der Waals surface area contributed by atoms with Crippen molar-refractivity contribution < 1.29 is 19.1 Å². The summed E-state index contributed by atoms with van der Waals surface area (Å²) in [5, 5.41) is 10.7. The number of rotatable bonds is 9. The molecule has 1 rings (SSSR count). The van der Waals surface area contributed by atoms with Crippen molar-refractivity contribution in [2.24, 2.45) is 11.8 Å². The van der Waals surface area contributed by atoms with Crippen molar-refractivity contribution in [1.82, 2.24) is 0 Å². The van der Waals surface area contributed by atoms with Gasteiger partial charge < -0.3 is 14.3 Å². The number of aliphatic hydroxyl groups excluding tert-OH is 1. The fourth-order valence-corrected chi connectivity index (χ4v) is 4.63. The SMILES string of the molecule is C=C[C@H]1C(O[Si](C)(C)C(C)(C)C)C[C@H](O)[C@@H]1C/C=C\CCCC(=O)OC. The van der Waals surface area contributed by atoms with E-state index < -0.39 is 8.32 Å². The summed E-state index contributed by atoms with van der Waals surface area (Å²) in [6.07, 6.45) is 9.47. The van der Waals surface area contributed by atoms with Gasteiger partial charge in [-0.25, -0.2) is 0 Å². The van der Waals surface area contributed by atoms with Crippen LogP contribution in [0.2, 0.25) is 18.1 Å². The Hall–Kier alpha value is -0.913.